The molecule has 0 aromatic carbocycles. The van der Waals surface area contributed by atoms with Crippen LogP contribution in [-0.2, 0) is 15.3 Å². The summed E-state index contributed by atoms with van der Waals surface area (Å²) >= 11 is 1.62. The van der Waals surface area contributed by atoms with Gasteiger partial charge in [-0.1, -0.05) is 0 Å². The maximum atomic E-state index is 11.0. The number of hydrogen-bond acceptors (Lipinski definition) is 7. The highest BCUT2D eigenvalue weighted by Crippen LogP contribution is 2.28. The van der Waals surface area contributed by atoms with Gasteiger partial charge >= 0.3 is 5.97 Å². The second-order valence-electron chi connectivity index (χ2n) is 4.88. The average Bonchev–Trinajstić information content (AvgIpc) is 2.92. The number of aromatic nitrogens is 4. The number of aliphatic hydroxyl groups is 1. The van der Waals surface area contributed by atoms with Crippen LogP contribution >= 0.6 is 11.8 Å². The van der Waals surface area contributed by atoms with Crippen LogP contribution in [0.15, 0.2) is 0 Å². The highest BCUT2D eigenvalue weighted by atomic mass is 32.2. The summed E-state index contributed by atoms with van der Waals surface area (Å²) in [7, 11) is 1.39. The fraction of sp³-hybridized carbons (Fsp3) is 0.833. The Kier molecular flexibility index (Phi) is 5.78. The van der Waals surface area contributed by atoms with Crippen molar-refractivity contribution in [3.05, 3.63) is 5.82 Å². The number of nitrogens with zero attached hydrogens (tertiary/aromatic N) is 4. The molecule has 1 fully saturated rings. The fourth-order valence-corrected chi connectivity index (χ4v) is 3.14. The molecule has 7 nitrogen and oxygen atoms in total. The van der Waals surface area contributed by atoms with Gasteiger partial charge in [-0.3, -0.25) is 4.79 Å². The molecule has 8 heteroatoms. The number of carbonyl (C=O) groups excluding carboxylic acids is 1. The second-order valence-corrected chi connectivity index (χ2v) is 5.99. The van der Waals surface area contributed by atoms with Crippen molar-refractivity contribution in [2.45, 2.75) is 50.0 Å². The van der Waals surface area contributed by atoms with Crippen LogP contribution in [0.5, 0.6) is 0 Å². The van der Waals surface area contributed by atoms with Gasteiger partial charge in [0.2, 0.25) is 0 Å². The van der Waals surface area contributed by atoms with Gasteiger partial charge in [-0.25, -0.2) is 4.68 Å². The number of esters is 1. The van der Waals surface area contributed by atoms with Gasteiger partial charge in [-0.2, -0.15) is 11.8 Å². The molecule has 0 saturated heterocycles. The van der Waals surface area contributed by atoms with Gasteiger partial charge in [-0.05, 0) is 36.1 Å². The van der Waals surface area contributed by atoms with Crippen molar-refractivity contribution in [3.8, 4) is 0 Å². The Balaban J connectivity index is 1.81. The molecule has 0 radical (unpaired) electrons. The molecule has 0 aliphatic heterocycles. The highest BCUT2D eigenvalue weighted by Gasteiger charge is 2.23. The monoisotopic (exact) mass is 300 g/mol. The van der Waals surface area contributed by atoms with Crippen LogP contribution in [0.4, 0.5) is 0 Å². The van der Waals surface area contributed by atoms with Crippen molar-refractivity contribution in [2.75, 3.05) is 12.9 Å². The summed E-state index contributed by atoms with van der Waals surface area (Å²) in [5, 5.41) is 21.4. The molecule has 112 valence electrons. The van der Waals surface area contributed by atoms with Gasteiger partial charge in [-0.15, -0.1) is 5.10 Å². The van der Waals surface area contributed by atoms with Crippen LogP contribution in [0, 0.1) is 0 Å². The van der Waals surface area contributed by atoms with Crippen LogP contribution in [0.25, 0.3) is 0 Å². The van der Waals surface area contributed by atoms with E-state index in [-0.39, 0.29) is 18.1 Å². The smallest absolute Gasteiger partial charge is 0.306 e. The standard InChI is InChI=1S/C12H20N4O3S/c1-19-12(18)6-7-20-8-11-13-14-15-16(11)9-2-4-10(17)5-3-9/h9-10,17H,2-8H2,1H3. The quantitative estimate of drug-likeness (QED) is 0.617. The summed E-state index contributed by atoms with van der Waals surface area (Å²) in [4.78, 5) is 11.0. The molecule has 0 bridgehead atoms. The number of tetrazole rings is 1. The van der Waals surface area contributed by atoms with E-state index in [0.29, 0.717) is 17.9 Å². The van der Waals surface area contributed by atoms with E-state index >= 15 is 0 Å². The van der Waals surface area contributed by atoms with Crippen LogP contribution < -0.4 is 0 Å². The molecule has 1 saturated carbocycles. The first kappa shape index (κ1) is 15.2. The van der Waals surface area contributed by atoms with Gasteiger partial charge in [0.05, 0.1) is 31.4 Å². The Labute approximate surface area is 122 Å². The van der Waals surface area contributed by atoms with Crippen LogP contribution in [0.2, 0.25) is 0 Å². The van der Waals surface area contributed by atoms with E-state index in [4.69, 9.17) is 0 Å². The number of carbonyl (C=O) groups is 1. The zero-order valence-corrected chi connectivity index (χ0v) is 12.4. The summed E-state index contributed by atoms with van der Waals surface area (Å²) in [6.07, 6.45) is 3.65. The Bertz CT molecular complexity index is 432. The molecule has 1 aliphatic carbocycles. The third-order valence-corrected chi connectivity index (χ3v) is 4.44. The molecule has 1 aromatic rings. The number of aliphatic hydroxyl groups excluding tert-OH is 1. The zero-order chi connectivity index (χ0) is 14.4. The van der Waals surface area contributed by atoms with Gasteiger partial charge < -0.3 is 9.84 Å². The van der Waals surface area contributed by atoms with Gasteiger partial charge in [0.15, 0.2) is 5.82 Å². The lowest BCUT2D eigenvalue weighted by atomic mass is 9.93. The zero-order valence-electron chi connectivity index (χ0n) is 11.6. The maximum absolute atomic E-state index is 11.0. The first-order valence-corrected chi connectivity index (χ1v) is 7.95. The van der Waals surface area contributed by atoms with Gasteiger partial charge in [0.25, 0.3) is 0 Å². The largest absolute Gasteiger partial charge is 0.469 e. The summed E-state index contributed by atoms with van der Waals surface area (Å²) in [5.74, 6) is 2.02. The maximum Gasteiger partial charge on any atom is 0.306 e. The third-order valence-electron chi connectivity index (χ3n) is 3.48. The van der Waals surface area contributed by atoms with Gasteiger partial charge in [0.1, 0.15) is 0 Å². The van der Waals surface area contributed by atoms with Crippen LogP contribution in [0.3, 0.4) is 0 Å². The Morgan fingerprint density at radius 2 is 2.20 bits per heavy atom. The molecule has 1 heterocycles. The molecule has 1 aromatic heterocycles. The van der Waals surface area contributed by atoms with E-state index in [1.54, 1.807) is 11.8 Å². The molecule has 2 rings (SSSR count). The minimum atomic E-state index is -0.196. The van der Waals surface area contributed by atoms with Crippen molar-refractivity contribution in [1.82, 2.24) is 20.2 Å². The summed E-state index contributed by atoms with van der Waals surface area (Å²) in [5.41, 5.74) is 0. The lowest BCUT2D eigenvalue weighted by Crippen LogP contribution is -2.23. The van der Waals surface area contributed by atoms with E-state index in [0.717, 1.165) is 31.5 Å². The lowest BCUT2D eigenvalue weighted by Gasteiger charge is -2.25. The van der Waals surface area contributed by atoms with Crippen molar-refractivity contribution in [3.63, 3.8) is 0 Å². The van der Waals surface area contributed by atoms with E-state index in [1.165, 1.54) is 7.11 Å². The molecule has 0 atom stereocenters. The van der Waals surface area contributed by atoms with Crippen molar-refractivity contribution in [1.29, 1.82) is 0 Å². The predicted octanol–water partition coefficient (Wildman–Crippen LogP) is 0.945. The summed E-state index contributed by atoms with van der Waals surface area (Å²) in [6.45, 7) is 0. The molecular formula is C12H20N4O3S. The average molecular weight is 300 g/mol. The molecule has 0 unspecified atom stereocenters. The number of rotatable bonds is 6. The molecule has 0 amide bonds. The van der Waals surface area contributed by atoms with E-state index in [1.807, 2.05) is 4.68 Å². The Morgan fingerprint density at radius 1 is 1.45 bits per heavy atom. The summed E-state index contributed by atoms with van der Waals surface area (Å²) in [6, 6.07) is 0.282. The molecule has 0 spiro atoms. The molecule has 20 heavy (non-hydrogen) atoms. The van der Waals surface area contributed by atoms with Crippen molar-refractivity contribution >= 4 is 17.7 Å². The fourth-order valence-electron chi connectivity index (χ4n) is 2.31. The number of methoxy groups -OCH3 is 1. The Morgan fingerprint density at radius 3 is 2.90 bits per heavy atom. The van der Waals surface area contributed by atoms with Gasteiger partial charge in [0, 0.05) is 5.75 Å². The highest BCUT2D eigenvalue weighted by molar-refractivity contribution is 7.98. The molecular weight excluding hydrogens is 280 g/mol. The molecule has 1 aliphatic rings. The topological polar surface area (TPSA) is 90.1 Å². The third kappa shape index (κ3) is 4.17. The van der Waals surface area contributed by atoms with E-state index in [2.05, 4.69) is 20.3 Å². The number of hydrogen-bond donors (Lipinski definition) is 1. The van der Waals surface area contributed by atoms with E-state index in [9.17, 15) is 9.90 Å². The summed E-state index contributed by atoms with van der Waals surface area (Å²) < 4.78 is 6.47. The predicted molar refractivity (Wildman–Crippen MR) is 74.1 cm³/mol. The normalized spacial score (nSPS) is 22.7. The minimum Gasteiger partial charge on any atom is -0.469 e. The second kappa shape index (κ2) is 7.58. The van der Waals surface area contributed by atoms with E-state index < -0.39 is 0 Å². The number of ether oxygens (including phenoxy) is 1. The van der Waals surface area contributed by atoms with Crippen LogP contribution in [-0.4, -0.2) is 50.2 Å². The minimum absolute atomic E-state index is 0.180. The first-order chi connectivity index (χ1) is 9.70. The molecule has 1 N–H and O–H groups in total. The van der Waals surface area contributed by atoms with Crippen LogP contribution in [0.1, 0.15) is 44.0 Å². The Hall–Kier alpha value is -1.15. The van der Waals surface area contributed by atoms with Crippen molar-refractivity contribution in [2.24, 2.45) is 0 Å². The first-order valence-electron chi connectivity index (χ1n) is 6.80. The SMILES string of the molecule is COC(=O)CCSCc1nnnn1C1CCC(O)CC1. The van der Waals surface area contributed by atoms with Crippen molar-refractivity contribution < 1.29 is 14.6 Å². The lowest BCUT2D eigenvalue weighted by molar-refractivity contribution is -0.140. The number of thioether (sulfide) groups is 1.